The molecule has 0 saturated carbocycles. The number of methoxy groups -OCH3 is 2. The Balaban J connectivity index is 3.84. The molecule has 0 radical (unpaired) electrons. The second-order valence-electron chi connectivity index (χ2n) is 3.46. The molecule has 0 aliphatic heterocycles. The Morgan fingerprint density at radius 1 is 1.25 bits per heavy atom. The number of ether oxygens (including phenoxy) is 2. The maximum atomic E-state index is 5.41. The van der Waals surface area contributed by atoms with Crippen LogP contribution in [0.25, 0.3) is 0 Å². The van der Waals surface area contributed by atoms with Gasteiger partial charge in [-0.2, -0.15) is 0 Å². The van der Waals surface area contributed by atoms with Gasteiger partial charge in [-0.3, -0.25) is 10.4 Å². The molecule has 0 amide bonds. The number of nitrogens with one attached hydrogen (secondary N) is 1. The van der Waals surface area contributed by atoms with Gasteiger partial charge in [-0.25, -0.2) is 5.84 Å². The van der Waals surface area contributed by atoms with Crippen molar-refractivity contribution in [2.75, 3.05) is 47.6 Å². The van der Waals surface area contributed by atoms with Crippen molar-refractivity contribution in [3.05, 3.63) is 0 Å². The molecule has 6 heteroatoms. The topological polar surface area (TPSA) is 72.1 Å². The van der Waals surface area contributed by atoms with Crippen molar-refractivity contribution >= 4 is 5.96 Å². The van der Waals surface area contributed by atoms with Crippen LogP contribution < -0.4 is 11.3 Å². The van der Waals surface area contributed by atoms with E-state index in [9.17, 15) is 0 Å². The molecule has 0 unspecified atom stereocenters. The fraction of sp³-hybridized carbons (Fsp3) is 0.900. The van der Waals surface area contributed by atoms with Crippen molar-refractivity contribution in [1.82, 2.24) is 10.3 Å². The third-order valence-electron chi connectivity index (χ3n) is 2.10. The lowest BCUT2D eigenvalue weighted by molar-refractivity contribution is 0.188. The van der Waals surface area contributed by atoms with Gasteiger partial charge in [-0.05, 0) is 12.8 Å². The smallest absolute Gasteiger partial charge is 0.208 e. The highest BCUT2D eigenvalue weighted by molar-refractivity contribution is 5.79. The molecule has 96 valence electrons. The normalized spacial score (nSPS) is 11.6. The Hall–Kier alpha value is -0.850. The average molecular weight is 232 g/mol. The summed E-state index contributed by atoms with van der Waals surface area (Å²) >= 11 is 0. The average Bonchev–Trinajstić information content (AvgIpc) is 2.29. The summed E-state index contributed by atoms with van der Waals surface area (Å²) in [6.07, 6.45) is 1.85. The lowest BCUT2D eigenvalue weighted by Gasteiger charge is -2.20. The maximum absolute atomic E-state index is 5.41. The first kappa shape index (κ1) is 15.2. The number of guanidine groups is 1. The predicted octanol–water partition coefficient (Wildman–Crippen LogP) is -0.189. The number of aliphatic imine (C=N–C) groups is 1. The van der Waals surface area contributed by atoms with Crippen LogP contribution in [0.3, 0.4) is 0 Å². The van der Waals surface area contributed by atoms with Crippen LogP contribution in [-0.4, -0.2) is 58.4 Å². The van der Waals surface area contributed by atoms with E-state index < -0.39 is 0 Å². The molecule has 0 bridgehead atoms. The first-order valence-electron chi connectivity index (χ1n) is 5.46. The van der Waals surface area contributed by atoms with Gasteiger partial charge in [0.05, 0.1) is 0 Å². The van der Waals surface area contributed by atoms with Crippen LogP contribution in [0.1, 0.15) is 12.8 Å². The molecule has 0 saturated heterocycles. The van der Waals surface area contributed by atoms with Gasteiger partial charge in [-0.15, -0.1) is 0 Å². The van der Waals surface area contributed by atoms with Crippen molar-refractivity contribution < 1.29 is 9.47 Å². The highest BCUT2D eigenvalue weighted by Crippen LogP contribution is 1.91. The molecule has 0 rings (SSSR count). The third kappa shape index (κ3) is 7.44. The Morgan fingerprint density at radius 2 is 1.88 bits per heavy atom. The second-order valence-corrected chi connectivity index (χ2v) is 3.46. The number of hydrogen-bond donors (Lipinski definition) is 2. The summed E-state index contributed by atoms with van der Waals surface area (Å²) in [4.78, 5) is 6.32. The molecule has 0 heterocycles. The molecule has 0 aliphatic rings. The summed E-state index contributed by atoms with van der Waals surface area (Å²) in [5, 5.41) is 0. The molecule has 0 aliphatic carbocycles. The Morgan fingerprint density at radius 3 is 2.44 bits per heavy atom. The van der Waals surface area contributed by atoms with Crippen molar-refractivity contribution in [1.29, 1.82) is 0 Å². The highest BCUT2D eigenvalue weighted by Gasteiger charge is 2.03. The van der Waals surface area contributed by atoms with E-state index in [1.54, 1.807) is 14.2 Å². The largest absolute Gasteiger partial charge is 0.385 e. The van der Waals surface area contributed by atoms with Gasteiger partial charge < -0.3 is 14.4 Å². The van der Waals surface area contributed by atoms with Gasteiger partial charge in [0.2, 0.25) is 5.96 Å². The molecular formula is C10H24N4O2. The summed E-state index contributed by atoms with van der Waals surface area (Å²) in [5.41, 5.74) is 2.60. The molecule has 6 nitrogen and oxygen atoms in total. The van der Waals surface area contributed by atoms with E-state index in [1.165, 1.54) is 0 Å². The minimum absolute atomic E-state index is 0.701. The van der Waals surface area contributed by atoms with Gasteiger partial charge >= 0.3 is 0 Å². The number of nitrogens with zero attached hydrogens (tertiary/aromatic N) is 2. The summed E-state index contributed by atoms with van der Waals surface area (Å²) in [6, 6.07) is 0. The fourth-order valence-electron chi connectivity index (χ4n) is 1.22. The Kier molecular flexibility index (Phi) is 10.1. The number of nitrogens with two attached hydrogens (primary N) is 1. The van der Waals surface area contributed by atoms with E-state index in [-0.39, 0.29) is 0 Å². The summed E-state index contributed by atoms with van der Waals surface area (Å²) in [7, 11) is 5.33. The molecule has 0 atom stereocenters. The quantitative estimate of drug-likeness (QED) is 0.199. The second kappa shape index (κ2) is 10.7. The monoisotopic (exact) mass is 232 g/mol. The first-order chi connectivity index (χ1) is 7.76. The van der Waals surface area contributed by atoms with Crippen LogP contribution in [0, 0.1) is 0 Å². The van der Waals surface area contributed by atoms with Crippen molar-refractivity contribution in [2.45, 2.75) is 12.8 Å². The minimum atomic E-state index is 0.701. The fourth-order valence-corrected chi connectivity index (χ4v) is 1.22. The summed E-state index contributed by atoms with van der Waals surface area (Å²) in [6.45, 7) is 3.03. The zero-order chi connectivity index (χ0) is 12.2. The van der Waals surface area contributed by atoms with Crippen LogP contribution in [0.2, 0.25) is 0 Å². The molecule has 0 spiro atoms. The molecule has 0 aromatic rings. The van der Waals surface area contributed by atoms with Crippen LogP contribution in [0.5, 0.6) is 0 Å². The Labute approximate surface area is 97.8 Å². The van der Waals surface area contributed by atoms with Crippen LogP contribution in [0.15, 0.2) is 4.99 Å². The van der Waals surface area contributed by atoms with E-state index in [4.69, 9.17) is 15.3 Å². The van der Waals surface area contributed by atoms with E-state index in [0.717, 1.165) is 32.6 Å². The van der Waals surface area contributed by atoms with Crippen LogP contribution in [0.4, 0.5) is 0 Å². The lowest BCUT2D eigenvalue weighted by atomic mass is 10.4. The van der Waals surface area contributed by atoms with E-state index >= 15 is 0 Å². The zero-order valence-electron chi connectivity index (χ0n) is 10.5. The van der Waals surface area contributed by atoms with Gasteiger partial charge in [0.25, 0.3) is 0 Å². The van der Waals surface area contributed by atoms with Crippen molar-refractivity contribution in [3.8, 4) is 0 Å². The molecule has 0 aromatic carbocycles. The molecule has 3 N–H and O–H groups in total. The summed E-state index contributed by atoms with van der Waals surface area (Å²) in [5.74, 6) is 6.11. The molecule has 16 heavy (non-hydrogen) atoms. The lowest BCUT2D eigenvalue weighted by Crippen LogP contribution is -2.43. The van der Waals surface area contributed by atoms with Gasteiger partial charge in [0.15, 0.2) is 0 Å². The van der Waals surface area contributed by atoms with E-state index in [0.29, 0.717) is 12.5 Å². The number of hydrogen-bond acceptors (Lipinski definition) is 4. The molecule has 0 aromatic heterocycles. The number of hydrazine groups is 1. The number of rotatable bonds is 8. The van der Waals surface area contributed by atoms with E-state index in [1.807, 2.05) is 11.9 Å². The summed E-state index contributed by atoms with van der Waals surface area (Å²) < 4.78 is 9.93. The van der Waals surface area contributed by atoms with Crippen molar-refractivity contribution in [2.24, 2.45) is 10.8 Å². The van der Waals surface area contributed by atoms with Gasteiger partial charge in [0, 0.05) is 47.6 Å². The maximum Gasteiger partial charge on any atom is 0.208 e. The van der Waals surface area contributed by atoms with E-state index in [2.05, 4.69) is 10.4 Å². The zero-order valence-corrected chi connectivity index (χ0v) is 10.5. The van der Waals surface area contributed by atoms with Crippen LogP contribution in [-0.2, 0) is 9.47 Å². The molecular weight excluding hydrogens is 208 g/mol. The van der Waals surface area contributed by atoms with Gasteiger partial charge in [-0.1, -0.05) is 0 Å². The first-order valence-corrected chi connectivity index (χ1v) is 5.46. The van der Waals surface area contributed by atoms with Crippen LogP contribution >= 0.6 is 0 Å². The highest BCUT2D eigenvalue weighted by atomic mass is 16.5. The minimum Gasteiger partial charge on any atom is -0.385 e. The standard InChI is InChI=1S/C10H24N4O2/c1-14(7-5-9-16-3)10(13-11)12-6-4-8-15-2/h4-9,11H2,1-3H3,(H,12,13). The van der Waals surface area contributed by atoms with Crippen molar-refractivity contribution in [3.63, 3.8) is 0 Å². The predicted molar refractivity (Wildman–Crippen MR) is 65.2 cm³/mol. The molecule has 0 fully saturated rings. The SMILES string of the molecule is COCCCN=C(NN)N(C)CCCOC. The third-order valence-corrected chi connectivity index (χ3v) is 2.10. The Bertz CT molecular complexity index is 188. The van der Waals surface area contributed by atoms with Gasteiger partial charge in [0.1, 0.15) is 0 Å².